The number of phenolic OH excluding ortho intramolecular Hbond substituents is 1. The van der Waals surface area contributed by atoms with E-state index in [9.17, 15) is 19.8 Å². The van der Waals surface area contributed by atoms with Gasteiger partial charge in [-0.1, -0.05) is 18.9 Å². The van der Waals surface area contributed by atoms with Crippen molar-refractivity contribution in [2.24, 2.45) is 5.41 Å². The molecule has 0 bridgehead atoms. The normalized spacial score (nSPS) is 17.1. The van der Waals surface area contributed by atoms with Crippen LogP contribution in [0.15, 0.2) is 24.3 Å². The molecule has 0 heterocycles. The molecule has 1 aromatic carbocycles. The van der Waals surface area contributed by atoms with E-state index < -0.39 is 11.4 Å². The van der Waals surface area contributed by atoms with Crippen molar-refractivity contribution in [1.29, 1.82) is 0 Å². The fraction of sp³-hybridized carbons (Fsp3) is 0.429. The van der Waals surface area contributed by atoms with Gasteiger partial charge in [0.15, 0.2) is 0 Å². The summed E-state index contributed by atoms with van der Waals surface area (Å²) in [6.45, 7) is 0. The molecule has 1 aromatic rings. The quantitative estimate of drug-likeness (QED) is 0.778. The summed E-state index contributed by atoms with van der Waals surface area (Å²) in [5.74, 6) is -1.16. The number of carboxylic acid groups (broad SMARTS) is 1. The number of rotatable bonds is 4. The molecule has 1 saturated carbocycles. The summed E-state index contributed by atoms with van der Waals surface area (Å²) < 4.78 is 0. The molecule has 0 aliphatic heterocycles. The van der Waals surface area contributed by atoms with Crippen molar-refractivity contribution in [3.63, 3.8) is 0 Å². The second-order valence-electron chi connectivity index (χ2n) is 5.07. The van der Waals surface area contributed by atoms with Gasteiger partial charge >= 0.3 is 5.97 Å². The van der Waals surface area contributed by atoms with Crippen LogP contribution in [0.5, 0.6) is 5.75 Å². The average Bonchev–Trinajstić information content (AvgIpc) is 2.78. The average molecular weight is 263 g/mol. The fourth-order valence-electron chi connectivity index (χ4n) is 2.61. The number of benzene rings is 1. The predicted octanol–water partition coefficient (Wildman–Crippen LogP) is 2.37. The van der Waals surface area contributed by atoms with Crippen molar-refractivity contribution in [2.75, 3.05) is 5.32 Å². The number of aliphatic carboxylic acids is 1. The highest BCUT2D eigenvalue weighted by atomic mass is 16.4. The van der Waals surface area contributed by atoms with Gasteiger partial charge in [0.2, 0.25) is 5.91 Å². The molecule has 1 fully saturated rings. The minimum Gasteiger partial charge on any atom is -0.508 e. The Morgan fingerprint density at radius 2 is 1.95 bits per heavy atom. The van der Waals surface area contributed by atoms with E-state index in [1.54, 1.807) is 12.1 Å². The topological polar surface area (TPSA) is 86.6 Å². The van der Waals surface area contributed by atoms with E-state index in [1.807, 2.05) is 0 Å². The Morgan fingerprint density at radius 1 is 1.26 bits per heavy atom. The van der Waals surface area contributed by atoms with Gasteiger partial charge in [0, 0.05) is 18.2 Å². The zero-order valence-corrected chi connectivity index (χ0v) is 10.6. The molecule has 5 nitrogen and oxygen atoms in total. The Balaban J connectivity index is 2.02. The molecule has 1 aliphatic rings. The molecule has 2 rings (SSSR count). The third-order valence-electron chi connectivity index (χ3n) is 3.64. The second kappa shape index (κ2) is 5.30. The number of carbonyl (C=O) groups is 2. The van der Waals surface area contributed by atoms with Crippen LogP contribution in [0.25, 0.3) is 0 Å². The maximum atomic E-state index is 11.9. The third-order valence-corrected chi connectivity index (χ3v) is 3.64. The number of anilines is 1. The zero-order chi connectivity index (χ0) is 13.9. The number of hydrogen-bond acceptors (Lipinski definition) is 3. The summed E-state index contributed by atoms with van der Waals surface area (Å²) in [4.78, 5) is 23.3. The molecule has 5 heteroatoms. The number of hydrogen-bond donors (Lipinski definition) is 3. The molecular weight excluding hydrogens is 246 g/mol. The molecule has 19 heavy (non-hydrogen) atoms. The van der Waals surface area contributed by atoms with E-state index in [2.05, 4.69) is 5.32 Å². The Morgan fingerprint density at radius 3 is 2.53 bits per heavy atom. The molecule has 0 unspecified atom stereocenters. The summed E-state index contributed by atoms with van der Waals surface area (Å²) in [6.07, 6.45) is 2.79. The number of amides is 1. The first-order valence-corrected chi connectivity index (χ1v) is 6.34. The lowest BCUT2D eigenvalue weighted by Crippen LogP contribution is -2.32. The fourth-order valence-corrected chi connectivity index (χ4v) is 2.61. The number of carboxylic acids is 1. The molecule has 102 valence electrons. The Kier molecular flexibility index (Phi) is 3.74. The van der Waals surface area contributed by atoms with Crippen LogP contribution >= 0.6 is 0 Å². The SMILES string of the molecule is O=C(CC1(C(=O)O)CCCC1)Nc1cccc(O)c1. The third kappa shape index (κ3) is 3.05. The van der Waals surface area contributed by atoms with Crippen molar-refractivity contribution >= 4 is 17.6 Å². The highest BCUT2D eigenvalue weighted by Crippen LogP contribution is 2.41. The minimum atomic E-state index is -0.916. The van der Waals surface area contributed by atoms with Gasteiger partial charge < -0.3 is 15.5 Å². The molecule has 0 atom stereocenters. The van der Waals surface area contributed by atoms with Crippen LogP contribution in [0.4, 0.5) is 5.69 Å². The lowest BCUT2D eigenvalue weighted by molar-refractivity contribution is -0.150. The van der Waals surface area contributed by atoms with Crippen LogP contribution in [0.1, 0.15) is 32.1 Å². The maximum absolute atomic E-state index is 11.9. The van der Waals surface area contributed by atoms with Crippen molar-refractivity contribution in [2.45, 2.75) is 32.1 Å². The smallest absolute Gasteiger partial charge is 0.310 e. The van der Waals surface area contributed by atoms with E-state index >= 15 is 0 Å². The van der Waals surface area contributed by atoms with E-state index in [0.29, 0.717) is 18.5 Å². The Labute approximate surface area is 111 Å². The molecule has 0 aromatic heterocycles. The van der Waals surface area contributed by atoms with Gasteiger partial charge in [-0.3, -0.25) is 9.59 Å². The minimum absolute atomic E-state index is 0.0159. The molecular formula is C14H17NO4. The number of nitrogens with one attached hydrogen (secondary N) is 1. The highest BCUT2D eigenvalue weighted by Gasteiger charge is 2.42. The Bertz CT molecular complexity index is 492. The van der Waals surface area contributed by atoms with Crippen LogP contribution < -0.4 is 5.32 Å². The van der Waals surface area contributed by atoms with Crippen LogP contribution in [0.3, 0.4) is 0 Å². The standard InChI is InChI=1S/C14H17NO4/c16-11-5-3-4-10(8-11)15-12(17)9-14(13(18)19)6-1-2-7-14/h3-5,8,16H,1-2,6-7,9H2,(H,15,17)(H,18,19). The van der Waals surface area contributed by atoms with Crippen molar-refractivity contribution in [3.8, 4) is 5.75 Å². The summed E-state index contributed by atoms with van der Waals surface area (Å²) in [7, 11) is 0. The second-order valence-corrected chi connectivity index (χ2v) is 5.07. The first-order chi connectivity index (χ1) is 9.02. The van der Waals surface area contributed by atoms with Crippen LogP contribution in [-0.4, -0.2) is 22.1 Å². The maximum Gasteiger partial charge on any atom is 0.310 e. The number of phenols is 1. The monoisotopic (exact) mass is 263 g/mol. The summed E-state index contributed by atoms with van der Waals surface area (Å²) in [6, 6.07) is 6.21. The largest absolute Gasteiger partial charge is 0.508 e. The van der Waals surface area contributed by atoms with Crippen molar-refractivity contribution < 1.29 is 19.8 Å². The lowest BCUT2D eigenvalue weighted by atomic mass is 9.82. The molecule has 1 aliphatic carbocycles. The lowest BCUT2D eigenvalue weighted by Gasteiger charge is -2.22. The molecule has 0 radical (unpaired) electrons. The van der Waals surface area contributed by atoms with E-state index in [1.165, 1.54) is 12.1 Å². The molecule has 3 N–H and O–H groups in total. The van der Waals surface area contributed by atoms with E-state index in [-0.39, 0.29) is 18.1 Å². The van der Waals surface area contributed by atoms with Gasteiger partial charge in [-0.2, -0.15) is 0 Å². The van der Waals surface area contributed by atoms with Crippen molar-refractivity contribution in [3.05, 3.63) is 24.3 Å². The van der Waals surface area contributed by atoms with Gasteiger partial charge in [-0.05, 0) is 25.0 Å². The highest BCUT2D eigenvalue weighted by molar-refractivity contribution is 5.94. The van der Waals surface area contributed by atoms with Gasteiger partial charge in [-0.25, -0.2) is 0 Å². The summed E-state index contributed by atoms with van der Waals surface area (Å²) >= 11 is 0. The van der Waals surface area contributed by atoms with Crippen molar-refractivity contribution in [1.82, 2.24) is 0 Å². The number of carbonyl (C=O) groups excluding carboxylic acids is 1. The van der Waals surface area contributed by atoms with Crippen LogP contribution in [-0.2, 0) is 9.59 Å². The van der Waals surface area contributed by atoms with E-state index in [0.717, 1.165) is 12.8 Å². The summed E-state index contributed by atoms with van der Waals surface area (Å²) in [5.41, 5.74) is -0.440. The molecule has 0 saturated heterocycles. The van der Waals surface area contributed by atoms with Gasteiger partial charge in [0.1, 0.15) is 5.75 Å². The van der Waals surface area contributed by atoms with Gasteiger partial charge in [-0.15, -0.1) is 0 Å². The van der Waals surface area contributed by atoms with Crippen LogP contribution in [0, 0.1) is 5.41 Å². The van der Waals surface area contributed by atoms with Gasteiger partial charge in [0.05, 0.1) is 5.41 Å². The van der Waals surface area contributed by atoms with Crippen LogP contribution in [0.2, 0.25) is 0 Å². The van der Waals surface area contributed by atoms with Gasteiger partial charge in [0.25, 0.3) is 0 Å². The first-order valence-electron chi connectivity index (χ1n) is 6.34. The first kappa shape index (κ1) is 13.4. The molecule has 0 spiro atoms. The zero-order valence-electron chi connectivity index (χ0n) is 10.6. The predicted molar refractivity (Wildman–Crippen MR) is 69.9 cm³/mol. The van der Waals surface area contributed by atoms with E-state index in [4.69, 9.17) is 0 Å². The summed E-state index contributed by atoms with van der Waals surface area (Å²) in [5, 5.41) is 21.2. The Hall–Kier alpha value is -2.04. The molecule has 1 amide bonds. The number of aromatic hydroxyl groups is 1.